The summed E-state index contributed by atoms with van der Waals surface area (Å²) in [6.45, 7) is 0. The van der Waals surface area contributed by atoms with E-state index in [0.29, 0.717) is 0 Å². The molecule has 0 nitrogen and oxygen atoms in total. The summed E-state index contributed by atoms with van der Waals surface area (Å²) in [5, 5.41) is 0. The molecule has 0 radical (unpaired) electrons. The average molecular weight is 450 g/mol. The van der Waals surface area contributed by atoms with Gasteiger partial charge in [0.1, 0.15) is 0 Å². The lowest BCUT2D eigenvalue weighted by Crippen LogP contribution is -2.90. The van der Waals surface area contributed by atoms with Gasteiger partial charge in [-0.05, 0) is 0 Å². The van der Waals surface area contributed by atoms with Crippen LogP contribution in [0.2, 0.25) is 0 Å². The van der Waals surface area contributed by atoms with E-state index in [1.807, 2.05) is 0 Å². The van der Waals surface area contributed by atoms with E-state index in [1.165, 1.54) is 0 Å². The van der Waals surface area contributed by atoms with Gasteiger partial charge in [-0.15, -0.1) is 0 Å². The van der Waals surface area contributed by atoms with Crippen molar-refractivity contribution in [2.75, 3.05) is 0 Å². The van der Waals surface area contributed by atoms with Gasteiger partial charge in [0.25, 0.3) is 5.41 Å². The fourth-order valence-corrected chi connectivity index (χ4v) is 2.53. The normalized spacial score (nSPS) is 28.7. The highest BCUT2D eigenvalue weighted by atomic mass is 19.4. The Labute approximate surface area is 134 Å². The summed E-state index contributed by atoms with van der Waals surface area (Å²) in [6, 6.07) is 0. The molecule has 1 saturated carbocycles. The van der Waals surface area contributed by atoms with Crippen molar-refractivity contribution in [3.05, 3.63) is 0 Å². The second-order valence-electron chi connectivity index (χ2n) is 5.20. The van der Waals surface area contributed by atoms with Crippen LogP contribution in [-0.4, -0.2) is 47.9 Å². The van der Waals surface area contributed by atoms with Crippen molar-refractivity contribution in [3.8, 4) is 0 Å². The molecule has 0 unspecified atom stereocenters. The Morgan fingerprint density at radius 2 is 0.556 bits per heavy atom. The largest absolute Gasteiger partial charge is 0.435 e. The van der Waals surface area contributed by atoms with Crippen LogP contribution in [0, 0.1) is 5.41 Å². The van der Waals surface area contributed by atoms with Gasteiger partial charge < -0.3 is 0 Å². The third-order valence-corrected chi connectivity index (χ3v) is 3.84. The highest BCUT2D eigenvalue weighted by molar-refractivity contribution is 5.32. The van der Waals surface area contributed by atoms with Crippen LogP contribution in [0.15, 0.2) is 0 Å². The minimum atomic E-state index is -8.77. The number of alkyl halides is 18. The number of hydrogen-bond acceptors (Lipinski definition) is 0. The summed E-state index contributed by atoms with van der Waals surface area (Å²) in [7, 11) is 0. The fraction of sp³-hybridized carbons (Fsp3) is 1.00. The van der Waals surface area contributed by atoms with Crippen molar-refractivity contribution in [1.82, 2.24) is 0 Å². The molecule has 0 N–H and O–H groups in total. The molecule has 0 saturated heterocycles. The highest BCUT2D eigenvalue weighted by Gasteiger charge is 3.11. The van der Waals surface area contributed by atoms with Crippen molar-refractivity contribution in [2.45, 2.75) is 47.9 Å². The maximum absolute atomic E-state index is 13.4. The summed E-state index contributed by atoms with van der Waals surface area (Å²) < 4.78 is 232. The van der Waals surface area contributed by atoms with Crippen LogP contribution < -0.4 is 0 Å². The lowest BCUT2D eigenvalue weighted by atomic mass is 9.58. The minimum absolute atomic E-state index is 8.16. The van der Waals surface area contributed by atoms with Crippen LogP contribution in [0.25, 0.3) is 0 Å². The summed E-state index contributed by atoms with van der Waals surface area (Å²) >= 11 is 0. The lowest BCUT2D eigenvalue weighted by molar-refractivity contribution is -0.562. The average Bonchev–Trinajstić information content (AvgIpc) is 2.29. The summed E-state index contributed by atoms with van der Waals surface area (Å²) in [5.41, 5.74) is -17.3. The Hall–Kier alpha value is -1.26. The Balaban J connectivity index is 4.37. The zero-order valence-corrected chi connectivity index (χ0v) is 11.3. The Morgan fingerprint density at radius 1 is 0.333 bits per heavy atom. The van der Waals surface area contributed by atoms with E-state index in [0.717, 1.165) is 0 Å². The SMILES string of the molecule is FC(F)(F)C1(F)C(F)(F)C(F)(F)C(C(F)(F)F)(C(F)(F)F)C(F)(F)C1(F)F. The van der Waals surface area contributed by atoms with Gasteiger partial charge in [0.2, 0.25) is 0 Å². The highest BCUT2D eigenvalue weighted by Crippen LogP contribution is 2.79. The smallest absolute Gasteiger partial charge is 0.219 e. The summed E-state index contributed by atoms with van der Waals surface area (Å²) in [5.74, 6) is -34.8. The predicted octanol–water partition coefficient (Wildman–Crippen LogP) is 5.92. The zero-order chi connectivity index (χ0) is 22.5. The first-order valence-electron chi connectivity index (χ1n) is 5.65. The van der Waals surface area contributed by atoms with Crippen molar-refractivity contribution in [2.24, 2.45) is 5.41 Å². The van der Waals surface area contributed by atoms with Gasteiger partial charge in [0, 0.05) is 0 Å². The van der Waals surface area contributed by atoms with Gasteiger partial charge >= 0.3 is 47.9 Å². The van der Waals surface area contributed by atoms with Gasteiger partial charge in [-0.1, -0.05) is 0 Å². The Kier molecular flexibility index (Phi) is 4.41. The maximum atomic E-state index is 13.4. The topological polar surface area (TPSA) is 0 Å². The molecule has 1 rings (SSSR count). The van der Waals surface area contributed by atoms with Crippen LogP contribution in [-0.2, 0) is 0 Å². The van der Waals surface area contributed by atoms with E-state index >= 15 is 0 Å². The number of halogens is 18. The first-order chi connectivity index (χ1) is 11.2. The quantitative estimate of drug-likeness (QED) is 0.402. The van der Waals surface area contributed by atoms with E-state index in [4.69, 9.17) is 0 Å². The Bertz CT molecular complexity index is 554. The van der Waals surface area contributed by atoms with E-state index < -0.39 is 53.3 Å². The van der Waals surface area contributed by atoms with E-state index in [2.05, 4.69) is 0 Å². The van der Waals surface area contributed by atoms with Gasteiger partial charge in [-0.3, -0.25) is 0 Å². The van der Waals surface area contributed by atoms with Gasteiger partial charge in [-0.25, -0.2) is 4.39 Å². The molecule has 0 heterocycles. The molecule has 18 heteroatoms. The van der Waals surface area contributed by atoms with Crippen molar-refractivity contribution in [3.63, 3.8) is 0 Å². The summed E-state index contributed by atoms with van der Waals surface area (Å²) in [4.78, 5) is 0. The predicted molar refractivity (Wildman–Crippen MR) is 44.2 cm³/mol. The van der Waals surface area contributed by atoms with E-state index in [-0.39, 0.29) is 0 Å². The van der Waals surface area contributed by atoms with Crippen molar-refractivity contribution < 1.29 is 79.0 Å². The molecule has 0 aromatic heterocycles. The molecule has 0 spiro atoms. The van der Waals surface area contributed by atoms with E-state index in [9.17, 15) is 79.0 Å². The third-order valence-electron chi connectivity index (χ3n) is 3.84. The van der Waals surface area contributed by atoms with Crippen LogP contribution in [0.3, 0.4) is 0 Å². The molecule has 1 aliphatic rings. The number of hydrogen-bond donors (Lipinski definition) is 0. The van der Waals surface area contributed by atoms with Crippen LogP contribution >= 0.6 is 0 Å². The van der Waals surface area contributed by atoms with Crippen LogP contribution in [0.5, 0.6) is 0 Å². The molecule has 0 bridgehead atoms. The van der Waals surface area contributed by atoms with Gasteiger partial charge in [0.15, 0.2) is 0 Å². The maximum Gasteiger partial charge on any atom is 0.435 e. The second-order valence-corrected chi connectivity index (χ2v) is 5.20. The standard InChI is InChI=1S/C9F18/c10-2(9(25,26)27)5(15,16)3(11,12)1(7(19,20)21,8(22,23)24)4(13,14)6(2,17)18. The minimum Gasteiger partial charge on any atom is -0.219 e. The molecule has 27 heavy (non-hydrogen) atoms. The molecule has 0 amide bonds. The monoisotopic (exact) mass is 450 g/mol. The van der Waals surface area contributed by atoms with Gasteiger partial charge in [-0.2, -0.15) is 74.6 Å². The van der Waals surface area contributed by atoms with Crippen LogP contribution in [0.1, 0.15) is 0 Å². The van der Waals surface area contributed by atoms with Crippen molar-refractivity contribution in [1.29, 1.82) is 0 Å². The van der Waals surface area contributed by atoms with E-state index in [1.54, 1.807) is 0 Å². The lowest BCUT2D eigenvalue weighted by Gasteiger charge is -2.58. The fourth-order valence-electron chi connectivity index (χ4n) is 2.53. The second kappa shape index (κ2) is 5.01. The molecule has 0 aliphatic heterocycles. The first kappa shape index (κ1) is 23.8. The molecular weight excluding hydrogens is 450 g/mol. The zero-order valence-electron chi connectivity index (χ0n) is 11.3. The molecule has 0 aromatic rings. The molecule has 0 atom stereocenters. The molecule has 1 aliphatic carbocycles. The van der Waals surface area contributed by atoms with Crippen molar-refractivity contribution >= 4 is 0 Å². The van der Waals surface area contributed by atoms with Crippen LogP contribution in [0.4, 0.5) is 79.0 Å². The molecule has 162 valence electrons. The molecule has 0 aromatic carbocycles. The Morgan fingerprint density at radius 3 is 0.704 bits per heavy atom. The van der Waals surface area contributed by atoms with Gasteiger partial charge in [0.05, 0.1) is 0 Å². The number of rotatable bonds is 0. The summed E-state index contributed by atoms with van der Waals surface area (Å²) in [6.07, 6.45) is -25.0. The first-order valence-corrected chi connectivity index (χ1v) is 5.65. The third kappa shape index (κ3) is 2.01. The molecular formula is C9F18. The molecule has 1 fully saturated rings.